The summed E-state index contributed by atoms with van der Waals surface area (Å²) in [7, 11) is 2.06. The van der Waals surface area contributed by atoms with Gasteiger partial charge in [-0.3, -0.25) is 9.59 Å². The molecule has 1 unspecified atom stereocenters. The van der Waals surface area contributed by atoms with E-state index in [0.29, 0.717) is 18.5 Å². The van der Waals surface area contributed by atoms with Crippen molar-refractivity contribution >= 4 is 17.5 Å². The van der Waals surface area contributed by atoms with Crippen LogP contribution in [0.3, 0.4) is 0 Å². The van der Waals surface area contributed by atoms with Gasteiger partial charge in [0.15, 0.2) is 0 Å². The fourth-order valence-electron chi connectivity index (χ4n) is 3.50. The number of carbonyl (C=O) groups excluding carboxylic acids is 2. The molecule has 1 aromatic rings. The van der Waals surface area contributed by atoms with E-state index in [1.54, 1.807) is 0 Å². The van der Waals surface area contributed by atoms with E-state index in [1.807, 2.05) is 17.0 Å². The van der Waals surface area contributed by atoms with Gasteiger partial charge >= 0.3 is 0 Å². The molecule has 1 saturated heterocycles. The molecule has 1 fully saturated rings. The average molecular weight is 315 g/mol. The Morgan fingerprint density at radius 1 is 1.39 bits per heavy atom. The van der Waals surface area contributed by atoms with Crippen LogP contribution in [-0.4, -0.2) is 49.9 Å². The second kappa shape index (κ2) is 6.60. The maximum atomic E-state index is 12.4. The van der Waals surface area contributed by atoms with Crippen molar-refractivity contribution in [2.24, 2.45) is 5.92 Å². The fraction of sp³-hybridized carbons (Fsp3) is 0.556. The van der Waals surface area contributed by atoms with Crippen LogP contribution in [0, 0.1) is 5.92 Å². The largest absolute Gasteiger partial charge is 0.374 e. The first kappa shape index (κ1) is 15.8. The fourth-order valence-corrected chi connectivity index (χ4v) is 3.50. The number of hydrogen-bond acceptors (Lipinski definition) is 3. The average Bonchev–Trinajstić information content (AvgIpc) is 3.09. The predicted octanol–water partition coefficient (Wildman–Crippen LogP) is 1.67. The van der Waals surface area contributed by atoms with Gasteiger partial charge in [-0.1, -0.05) is 13.0 Å². The van der Waals surface area contributed by atoms with Crippen LogP contribution >= 0.6 is 0 Å². The number of rotatable bonds is 5. The summed E-state index contributed by atoms with van der Waals surface area (Å²) < 4.78 is 0. The summed E-state index contributed by atoms with van der Waals surface area (Å²) >= 11 is 0. The molecule has 5 heteroatoms. The van der Waals surface area contributed by atoms with Gasteiger partial charge in [-0.25, -0.2) is 0 Å². The number of anilines is 1. The van der Waals surface area contributed by atoms with E-state index in [4.69, 9.17) is 0 Å². The Morgan fingerprint density at radius 3 is 3.00 bits per heavy atom. The van der Waals surface area contributed by atoms with Gasteiger partial charge < -0.3 is 15.1 Å². The van der Waals surface area contributed by atoms with E-state index in [1.165, 1.54) is 5.56 Å². The third-order valence-electron chi connectivity index (χ3n) is 4.81. The Balaban J connectivity index is 1.56. The summed E-state index contributed by atoms with van der Waals surface area (Å²) in [4.78, 5) is 28.3. The molecule has 1 aromatic carbocycles. The van der Waals surface area contributed by atoms with Gasteiger partial charge in [0.1, 0.15) is 0 Å². The van der Waals surface area contributed by atoms with Gasteiger partial charge in [-0.2, -0.15) is 0 Å². The lowest BCUT2D eigenvalue weighted by molar-refractivity contribution is -0.127. The summed E-state index contributed by atoms with van der Waals surface area (Å²) in [6.07, 6.45) is 2.58. The Bertz CT molecular complexity index is 614. The molecule has 2 heterocycles. The molecule has 0 aliphatic carbocycles. The Hall–Kier alpha value is -2.04. The molecule has 0 radical (unpaired) electrons. The maximum absolute atomic E-state index is 12.4. The third kappa shape index (κ3) is 3.33. The Morgan fingerprint density at radius 2 is 2.22 bits per heavy atom. The number of amides is 2. The number of likely N-dealkylation sites (N-methyl/N-ethyl adjacent to an activating group) is 1. The zero-order valence-corrected chi connectivity index (χ0v) is 14.0. The smallest absolute Gasteiger partial charge is 0.251 e. The monoisotopic (exact) mass is 315 g/mol. The number of nitrogens with zero attached hydrogens (tertiary/aromatic N) is 2. The zero-order chi connectivity index (χ0) is 16.4. The Kier molecular flexibility index (Phi) is 4.55. The highest BCUT2D eigenvalue weighted by molar-refractivity contribution is 5.95. The molecule has 0 spiro atoms. The highest BCUT2D eigenvalue weighted by Gasteiger charge is 2.29. The minimum atomic E-state index is -0.0468. The van der Waals surface area contributed by atoms with Crippen molar-refractivity contribution in [1.29, 1.82) is 0 Å². The molecular weight excluding hydrogens is 290 g/mol. The second-order valence-electron chi connectivity index (χ2n) is 6.63. The molecular formula is C18H25N3O2. The molecule has 124 valence electrons. The van der Waals surface area contributed by atoms with Crippen molar-refractivity contribution in [3.63, 3.8) is 0 Å². The number of hydrogen-bond donors (Lipinski definition) is 1. The van der Waals surface area contributed by atoms with E-state index in [0.717, 1.165) is 38.2 Å². The molecule has 0 saturated carbocycles. The number of carbonyl (C=O) groups is 2. The molecule has 0 aromatic heterocycles. The van der Waals surface area contributed by atoms with Gasteiger partial charge in [0.2, 0.25) is 5.91 Å². The van der Waals surface area contributed by atoms with Crippen molar-refractivity contribution in [3.05, 3.63) is 29.3 Å². The molecule has 1 N–H and O–H groups in total. The third-order valence-corrected chi connectivity index (χ3v) is 4.81. The quantitative estimate of drug-likeness (QED) is 0.899. The van der Waals surface area contributed by atoms with Crippen LogP contribution in [0.2, 0.25) is 0 Å². The second-order valence-corrected chi connectivity index (χ2v) is 6.63. The number of fused-ring (bicyclic) bond motifs is 1. The van der Waals surface area contributed by atoms with Crippen molar-refractivity contribution in [2.75, 3.05) is 38.1 Å². The zero-order valence-electron chi connectivity index (χ0n) is 14.0. The van der Waals surface area contributed by atoms with Crippen LogP contribution in [-0.2, 0) is 11.2 Å². The topological polar surface area (TPSA) is 52.7 Å². The van der Waals surface area contributed by atoms with Gasteiger partial charge in [0, 0.05) is 56.8 Å². The molecule has 5 nitrogen and oxygen atoms in total. The molecule has 2 aliphatic rings. The van der Waals surface area contributed by atoms with Crippen molar-refractivity contribution in [2.45, 2.75) is 26.2 Å². The summed E-state index contributed by atoms with van der Waals surface area (Å²) in [5.41, 5.74) is 3.16. The van der Waals surface area contributed by atoms with Crippen LogP contribution in [0.1, 0.15) is 35.7 Å². The van der Waals surface area contributed by atoms with E-state index in [9.17, 15) is 9.59 Å². The predicted molar refractivity (Wildman–Crippen MR) is 90.7 cm³/mol. The van der Waals surface area contributed by atoms with Gasteiger partial charge in [0.05, 0.1) is 0 Å². The van der Waals surface area contributed by atoms with E-state index >= 15 is 0 Å². The first-order valence-corrected chi connectivity index (χ1v) is 8.48. The lowest BCUT2D eigenvalue weighted by Gasteiger charge is -2.16. The molecule has 2 amide bonds. The van der Waals surface area contributed by atoms with Gasteiger partial charge in [-0.15, -0.1) is 0 Å². The normalized spacial score (nSPS) is 20.1. The van der Waals surface area contributed by atoms with Crippen molar-refractivity contribution in [1.82, 2.24) is 10.2 Å². The van der Waals surface area contributed by atoms with E-state index in [2.05, 4.69) is 30.3 Å². The molecule has 23 heavy (non-hydrogen) atoms. The van der Waals surface area contributed by atoms with Gasteiger partial charge in [-0.05, 0) is 30.5 Å². The first-order valence-electron chi connectivity index (χ1n) is 8.48. The van der Waals surface area contributed by atoms with E-state index < -0.39 is 0 Å². The van der Waals surface area contributed by atoms with Crippen LogP contribution in [0.4, 0.5) is 5.69 Å². The van der Waals surface area contributed by atoms with Crippen molar-refractivity contribution < 1.29 is 9.59 Å². The summed E-state index contributed by atoms with van der Waals surface area (Å²) in [6.45, 7) is 5.24. The van der Waals surface area contributed by atoms with Crippen LogP contribution in [0.25, 0.3) is 0 Å². The minimum Gasteiger partial charge on any atom is -0.374 e. The summed E-state index contributed by atoms with van der Waals surface area (Å²) in [6, 6.07) is 5.92. The lowest BCUT2D eigenvalue weighted by atomic mass is 10.1. The summed E-state index contributed by atoms with van der Waals surface area (Å²) in [5.74, 6) is 0.398. The number of benzene rings is 1. The molecule has 2 aliphatic heterocycles. The molecule has 1 atom stereocenters. The SMILES string of the molecule is CCCN1CC(CNC(=O)c2ccc3c(c2)N(C)CC3)CC1=O. The van der Waals surface area contributed by atoms with Crippen molar-refractivity contribution in [3.8, 4) is 0 Å². The minimum absolute atomic E-state index is 0.0468. The lowest BCUT2D eigenvalue weighted by Crippen LogP contribution is -2.31. The van der Waals surface area contributed by atoms with Crippen LogP contribution < -0.4 is 10.2 Å². The highest BCUT2D eigenvalue weighted by Crippen LogP contribution is 2.27. The molecule has 0 bridgehead atoms. The van der Waals surface area contributed by atoms with Crippen LogP contribution in [0.15, 0.2) is 18.2 Å². The highest BCUT2D eigenvalue weighted by atomic mass is 16.2. The maximum Gasteiger partial charge on any atom is 0.251 e. The first-order chi connectivity index (χ1) is 11.1. The summed E-state index contributed by atoms with van der Waals surface area (Å²) in [5, 5.41) is 2.99. The number of likely N-dealkylation sites (tertiary alicyclic amines) is 1. The van der Waals surface area contributed by atoms with Crippen LogP contribution in [0.5, 0.6) is 0 Å². The van der Waals surface area contributed by atoms with E-state index in [-0.39, 0.29) is 17.7 Å². The standard InChI is InChI=1S/C18H25N3O2/c1-3-7-21-12-13(9-17(21)22)11-19-18(23)15-5-4-14-6-8-20(2)16(14)10-15/h4-5,10,13H,3,6-9,11-12H2,1-2H3,(H,19,23). The molecule has 3 rings (SSSR count). The number of nitrogens with one attached hydrogen (secondary N) is 1. The Labute approximate surface area is 137 Å². The van der Waals surface area contributed by atoms with Gasteiger partial charge in [0.25, 0.3) is 5.91 Å².